The highest BCUT2D eigenvalue weighted by Gasteiger charge is 2.23. The Kier molecular flexibility index (Phi) is 3.96. The zero-order valence-corrected chi connectivity index (χ0v) is 13.2. The van der Waals surface area contributed by atoms with Gasteiger partial charge in [0.1, 0.15) is 0 Å². The molecule has 0 aliphatic heterocycles. The molecular formula is C16H20N8. The predicted octanol–water partition coefficient (Wildman–Crippen LogP) is 2.17. The molecule has 2 unspecified atom stereocenters. The molecule has 0 amide bonds. The van der Waals surface area contributed by atoms with Crippen LogP contribution in [-0.2, 0) is 0 Å². The number of hydrogen-bond acceptors (Lipinski definition) is 7. The van der Waals surface area contributed by atoms with Crippen molar-refractivity contribution in [3.05, 3.63) is 30.3 Å². The Bertz CT molecular complexity index is 815. The number of aromatic nitrogens is 5. The lowest BCUT2D eigenvalue weighted by molar-refractivity contribution is 0.402. The number of H-pyrrole nitrogens is 1. The van der Waals surface area contributed by atoms with Crippen LogP contribution in [-0.4, -0.2) is 37.5 Å². The second kappa shape index (κ2) is 6.40. The van der Waals surface area contributed by atoms with Crippen molar-refractivity contribution in [2.24, 2.45) is 5.73 Å². The molecule has 2 atom stereocenters. The fraction of sp³-hybridized carbons (Fsp3) is 0.375. The molecule has 2 aromatic heterocycles. The second-order valence-corrected chi connectivity index (χ2v) is 6.08. The Labute approximate surface area is 139 Å². The van der Waals surface area contributed by atoms with Gasteiger partial charge in [0.2, 0.25) is 11.6 Å². The van der Waals surface area contributed by atoms with E-state index < -0.39 is 0 Å². The van der Waals surface area contributed by atoms with Gasteiger partial charge in [-0.3, -0.25) is 0 Å². The van der Waals surface area contributed by atoms with E-state index in [-0.39, 0.29) is 12.1 Å². The number of hydrogen-bond donors (Lipinski definition) is 4. The molecule has 8 nitrogen and oxygen atoms in total. The van der Waals surface area contributed by atoms with Crippen molar-refractivity contribution in [3.63, 3.8) is 0 Å². The maximum atomic E-state index is 6.21. The van der Waals surface area contributed by atoms with Crippen molar-refractivity contribution in [1.82, 2.24) is 25.4 Å². The SMILES string of the molecule is NC1CCCCC1Nc1nc(Nc2ccccc2)c2n[nH]nc2n1. The first kappa shape index (κ1) is 14.8. The molecule has 24 heavy (non-hydrogen) atoms. The average molecular weight is 324 g/mol. The van der Waals surface area contributed by atoms with Gasteiger partial charge in [0.25, 0.3) is 0 Å². The summed E-state index contributed by atoms with van der Waals surface area (Å²) in [6.45, 7) is 0. The molecule has 0 radical (unpaired) electrons. The molecule has 1 fully saturated rings. The first-order chi connectivity index (χ1) is 11.8. The van der Waals surface area contributed by atoms with Crippen LogP contribution in [0.5, 0.6) is 0 Å². The van der Waals surface area contributed by atoms with Gasteiger partial charge in [-0.15, -0.1) is 5.10 Å². The molecule has 5 N–H and O–H groups in total. The van der Waals surface area contributed by atoms with Crippen LogP contribution in [0.25, 0.3) is 11.2 Å². The summed E-state index contributed by atoms with van der Waals surface area (Å²) < 4.78 is 0. The summed E-state index contributed by atoms with van der Waals surface area (Å²) in [4.78, 5) is 9.03. The first-order valence-corrected chi connectivity index (χ1v) is 8.22. The van der Waals surface area contributed by atoms with E-state index in [2.05, 4.69) is 36.0 Å². The van der Waals surface area contributed by atoms with Crippen LogP contribution in [0.1, 0.15) is 25.7 Å². The quantitative estimate of drug-likeness (QED) is 0.581. The number of nitrogens with zero attached hydrogens (tertiary/aromatic N) is 4. The van der Waals surface area contributed by atoms with Gasteiger partial charge in [-0.25, -0.2) is 0 Å². The summed E-state index contributed by atoms with van der Waals surface area (Å²) in [6, 6.07) is 10.1. The minimum absolute atomic E-state index is 0.126. The second-order valence-electron chi connectivity index (χ2n) is 6.08. The summed E-state index contributed by atoms with van der Waals surface area (Å²) in [5.41, 5.74) is 8.28. The zero-order chi connectivity index (χ0) is 16.4. The molecule has 0 saturated heterocycles. The first-order valence-electron chi connectivity index (χ1n) is 8.22. The van der Waals surface area contributed by atoms with Gasteiger partial charge >= 0.3 is 0 Å². The number of anilines is 3. The predicted molar refractivity (Wildman–Crippen MR) is 93.1 cm³/mol. The fourth-order valence-electron chi connectivity index (χ4n) is 3.06. The van der Waals surface area contributed by atoms with Crippen LogP contribution >= 0.6 is 0 Å². The smallest absolute Gasteiger partial charge is 0.227 e. The Balaban J connectivity index is 1.64. The third-order valence-corrected chi connectivity index (χ3v) is 4.35. The minimum atomic E-state index is 0.126. The van der Waals surface area contributed by atoms with E-state index in [1.165, 1.54) is 12.8 Å². The van der Waals surface area contributed by atoms with Crippen molar-refractivity contribution in [3.8, 4) is 0 Å². The Hall–Kier alpha value is -2.74. The summed E-state index contributed by atoms with van der Waals surface area (Å²) in [7, 11) is 0. The third kappa shape index (κ3) is 3.00. The highest BCUT2D eigenvalue weighted by atomic mass is 15.4. The molecule has 2 heterocycles. The van der Waals surface area contributed by atoms with Gasteiger partial charge in [0.05, 0.1) is 0 Å². The summed E-state index contributed by atoms with van der Waals surface area (Å²) in [5.74, 6) is 1.14. The molecule has 1 saturated carbocycles. The number of nitrogens with two attached hydrogens (primary N) is 1. The van der Waals surface area contributed by atoms with Crippen LogP contribution in [0, 0.1) is 0 Å². The number of fused-ring (bicyclic) bond motifs is 1. The molecular weight excluding hydrogens is 304 g/mol. The molecule has 3 aromatic rings. The van der Waals surface area contributed by atoms with Crippen molar-refractivity contribution in [1.29, 1.82) is 0 Å². The molecule has 1 aromatic carbocycles. The van der Waals surface area contributed by atoms with Crippen LogP contribution in [0.15, 0.2) is 30.3 Å². The summed E-state index contributed by atoms with van der Waals surface area (Å²) in [5, 5.41) is 17.5. The van der Waals surface area contributed by atoms with E-state index >= 15 is 0 Å². The zero-order valence-electron chi connectivity index (χ0n) is 13.2. The lowest BCUT2D eigenvalue weighted by Gasteiger charge is -2.29. The fourth-order valence-corrected chi connectivity index (χ4v) is 3.06. The molecule has 4 rings (SSSR count). The van der Waals surface area contributed by atoms with Gasteiger partial charge in [0, 0.05) is 17.8 Å². The third-order valence-electron chi connectivity index (χ3n) is 4.35. The summed E-state index contributed by atoms with van der Waals surface area (Å²) >= 11 is 0. The molecule has 0 bridgehead atoms. The summed E-state index contributed by atoms with van der Waals surface area (Å²) in [6.07, 6.45) is 4.41. The number of nitrogens with one attached hydrogen (secondary N) is 3. The van der Waals surface area contributed by atoms with Crippen molar-refractivity contribution < 1.29 is 0 Å². The lowest BCUT2D eigenvalue weighted by Crippen LogP contribution is -2.43. The van der Waals surface area contributed by atoms with E-state index in [4.69, 9.17) is 5.73 Å². The van der Waals surface area contributed by atoms with E-state index in [1.807, 2.05) is 30.3 Å². The molecule has 1 aliphatic carbocycles. The maximum absolute atomic E-state index is 6.21. The Morgan fingerprint density at radius 3 is 2.71 bits per heavy atom. The van der Waals surface area contributed by atoms with Gasteiger partial charge in [-0.05, 0) is 25.0 Å². The Morgan fingerprint density at radius 1 is 1.04 bits per heavy atom. The van der Waals surface area contributed by atoms with E-state index in [0.29, 0.717) is 22.9 Å². The lowest BCUT2D eigenvalue weighted by atomic mass is 9.91. The van der Waals surface area contributed by atoms with Crippen LogP contribution in [0.4, 0.5) is 17.5 Å². The van der Waals surface area contributed by atoms with Gasteiger partial charge in [-0.1, -0.05) is 31.0 Å². The van der Waals surface area contributed by atoms with Crippen LogP contribution < -0.4 is 16.4 Å². The molecule has 0 spiro atoms. The van der Waals surface area contributed by atoms with Crippen LogP contribution in [0.2, 0.25) is 0 Å². The van der Waals surface area contributed by atoms with Crippen molar-refractivity contribution in [2.75, 3.05) is 10.6 Å². The number of benzene rings is 1. The largest absolute Gasteiger partial charge is 0.350 e. The van der Waals surface area contributed by atoms with Gasteiger partial charge < -0.3 is 16.4 Å². The number of para-hydroxylation sites is 1. The molecule has 8 heteroatoms. The van der Waals surface area contributed by atoms with Crippen molar-refractivity contribution >= 4 is 28.6 Å². The highest BCUT2D eigenvalue weighted by Crippen LogP contribution is 2.24. The maximum Gasteiger partial charge on any atom is 0.227 e. The topological polar surface area (TPSA) is 117 Å². The van der Waals surface area contributed by atoms with Gasteiger partial charge in [-0.2, -0.15) is 20.3 Å². The van der Waals surface area contributed by atoms with Crippen molar-refractivity contribution in [2.45, 2.75) is 37.8 Å². The highest BCUT2D eigenvalue weighted by molar-refractivity contribution is 5.85. The van der Waals surface area contributed by atoms with E-state index in [0.717, 1.165) is 18.5 Å². The van der Waals surface area contributed by atoms with Gasteiger partial charge in [0.15, 0.2) is 11.3 Å². The van der Waals surface area contributed by atoms with Crippen LogP contribution in [0.3, 0.4) is 0 Å². The monoisotopic (exact) mass is 324 g/mol. The average Bonchev–Trinajstić information content (AvgIpc) is 3.07. The normalized spacial score (nSPS) is 20.9. The molecule has 124 valence electrons. The molecule has 1 aliphatic rings. The Morgan fingerprint density at radius 2 is 1.88 bits per heavy atom. The number of rotatable bonds is 4. The minimum Gasteiger partial charge on any atom is -0.350 e. The standard InChI is InChI=1S/C16H20N8/c17-11-8-4-5-9-12(11)19-16-20-14(13-15(21-16)23-24-22-13)18-10-6-2-1-3-7-10/h1-3,6-7,11-12H,4-5,8-9,17H2,(H3,18,19,20,21,22,23,24). The van der Waals surface area contributed by atoms with E-state index in [1.54, 1.807) is 0 Å². The van der Waals surface area contributed by atoms with E-state index in [9.17, 15) is 0 Å². The number of aromatic amines is 1.